The molecule has 0 aliphatic carbocycles. The first-order chi connectivity index (χ1) is 8.17. The molecule has 0 aromatic heterocycles. The number of aldehydes is 1. The minimum absolute atomic E-state index is 0.226. The van der Waals surface area contributed by atoms with E-state index in [9.17, 15) is 23.4 Å². The smallest absolute Gasteiger partial charge is 0.312 e. The molecule has 0 aromatic rings. The summed E-state index contributed by atoms with van der Waals surface area (Å²) in [6.07, 6.45) is -2.75. The molecular weight excluding hydrogens is 272 g/mol. The van der Waals surface area contributed by atoms with E-state index in [-0.39, 0.29) is 6.29 Å². The molecule has 0 aliphatic heterocycles. The van der Waals surface area contributed by atoms with E-state index in [1.807, 2.05) is 0 Å². The zero-order valence-corrected chi connectivity index (χ0v) is 9.62. The zero-order valence-electron chi connectivity index (χ0n) is 8.81. The Balaban J connectivity index is 5.78. The summed E-state index contributed by atoms with van der Waals surface area (Å²) in [6, 6.07) is 0. The first kappa shape index (κ1) is 16.2. The van der Waals surface area contributed by atoms with Crippen molar-refractivity contribution in [3.8, 4) is 0 Å². The molecule has 4 N–H and O–H groups in total. The van der Waals surface area contributed by atoms with Gasteiger partial charge in [-0.3, -0.25) is 14.4 Å². The molecule has 10 heteroatoms. The maximum Gasteiger partial charge on any atom is 0.312 e. The molecule has 0 rings (SSSR count). The fraction of sp³-hybridized carbons (Fsp3) is 0.500. The molecular formula is C8H10O9S. The average molecular weight is 282 g/mol. The van der Waals surface area contributed by atoms with Crippen molar-refractivity contribution in [2.75, 3.05) is 0 Å². The number of carboxylic acids is 3. The second-order valence-electron chi connectivity index (χ2n) is 3.44. The van der Waals surface area contributed by atoms with Crippen LogP contribution in [0.5, 0.6) is 0 Å². The van der Waals surface area contributed by atoms with E-state index in [4.69, 9.17) is 19.9 Å². The summed E-state index contributed by atoms with van der Waals surface area (Å²) in [5.41, 5.74) is -2.67. The molecule has 0 bridgehead atoms. The van der Waals surface area contributed by atoms with Crippen LogP contribution in [0.15, 0.2) is 0 Å². The van der Waals surface area contributed by atoms with Gasteiger partial charge in [-0.05, 0) is 0 Å². The Kier molecular flexibility index (Phi) is 5.59. The zero-order chi connectivity index (χ0) is 14.5. The van der Waals surface area contributed by atoms with Crippen LogP contribution in [-0.2, 0) is 30.3 Å². The summed E-state index contributed by atoms with van der Waals surface area (Å²) in [4.78, 5) is 42.9. The molecule has 9 nitrogen and oxygen atoms in total. The van der Waals surface area contributed by atoms with Crippen molar-refractivity contribution < 1.29 is 43.3 Å². The molecule has 2 unspecified atom stereocenters. The van der Waals surface area contributed by atoms with E-state index in [0.717, 1.165) is 0 Å². The fourth-order valence-corrected chi connectivity index (χ4v) is 2.20. The second-order valence-corrected chi connectivity index (χ2v) is 4.50. The Morgan fingerprint density at radius 2 is 1.50 bits per heavy atom. The number of carbonyl (C=O) groups is 4. The van der Waals surface area contributed by atoms with Gasteiger partial charge < -0.3 is 24.7 Å². The molecule has 0 saturated heterocycles. The molecule has 0 heterocycles. The van der Waals surface area contributed by atoms with Crippen LogP contribution in [0, 0.1) is 5.41 Å². The van der Waals surface area contributed by atoms with Crippen molar-refractivity contribution in [2.45, 2.75) is 18.1 Å². The van der Waals surface area contributed by atoms with Crippen LogP contribution in [-0.4, -0.2) is 53.5 Å². The third-order valence-electron chi connectivity index (χ3n) is 2.24. The van der Waals surface area contributed by atoms with Gasteiger partial charge in [0.05, 0.1) is 12.8 Å². The van der Waals surface area contributed by atoms with Gasteiger partial charge in [0.15, 0.2) is 11.1 Å². The van der Waals surface area contributed by atoms with E-state index in [2.05, 4.69) is 0 Å². The number of rotatable bonds is 8. The van der Waals surface area contributed by atoms with Crippen LogP contribution in [0.1, 0.15) is 12.8 Å². The summed E-state index contributed by atoms with van der Waals surface area (Å²) >= 11 is -3.00. The lowest BCUT2D eigenvalue weighted by Crippen LogP contribution is -2.48. The van der Waals surface area contributed by atoms with Crippen molar-refractivity contribution in [3.63, 3.8) is 0 Å². The van der Waals surface area contributed by atoms with Gasteiger partial charge in [0.2, 0.25) is 0 Å². The van der Waals surface area contributed by atoms with Gasteiger partial charge in [0.25, 0.3) is 0 Å². The van der Waals surface area contributed by atoms with Crippen LogP contribution in [0.25, 0.3) is 0 Å². The quantitative estimate of drug-likeness (QED) is 0.315. The lowest BCUT2D eigenvalue weighted by molar-refractivity contribution is -0.161. The highest BCUT2D eigenvalue weighted by Gasteiger charge is 2.52. The standard InChI is InChI=1S/C8H10O9S/c9-3-4(18(16)17)8(7(14)15,1-5(10)11)2-6(12)13/h3-4H,1-2H2,(H,10,11)(H,12,13)(H,14,15)(H,16,17). The average Bonchev–Trinajstić information content (AvgIpc) is 2.14. The number of hydrogen-bond donors (Lipinski definition) is 4. The molecule has 0 spiro atoms. The summed E-state index contributed by atoms with van der Waals surface area (Å²) in [6.45, 7) is 0. The molecule has 0 fully saturated rings. The maximum atomic E-state index is 11.1. The molecule has 2 atom stereocenters. The van der Waals surface area contributed by atoms with Crippen molar-refractivity contribution in [3.05, 3.63) is 0 Å². The number of aliphatic carboxylic acids is 3. The molecule has 102 valence electrons. The highest BCUT2D eigenvalue weighted by molar-refractivity contribution is 7.80. The van der Waals surface area contributed by atoms with E-state index < -0.39 is 52.5 Å². The Hall–Kier alpha value is -1.81. The SMILES string of the molecule is O=CC(S(=O)O)C(CC(=O)O)(CC(=O)O)C(=O)O. The van der Waals surface area contributed by atoms with Crippen molar-refractivity contribution in [1.29, 1.82) is 0 Å². The van der Waals surface area contributed by atoms with Crippen LogP contribution in [0.4, 0.5) is 0 Å². The summed E-state index contributed by atoms with van der Waals surface area (Å²) < 4.78 is 19.7. The lowest BCUT2D eigenvalue weighted by atomic mass is 9.78. The van der Waals surface area contributed by atoms with Gasteiger partial charge in [-0.25, -0.2) is 4.21 Å². The van der Waals surface area contributed by atoms with Gasteiger partial charge in [-0.15, -0.1) is 0 Å². The predicted molar refractivity (Wildman–Crippen MR) is 55.2 cm³/mol. The number of hydrogen-bond acceptors (Lipinski definition) is 5. The first-order valence-corrected chi connectivity index (χ1v) is 5.56. The minimum atomic E-state index is -3.00. The highest BCUT2D eigenvalue weighted by atomic mass is 32.2. The largest absolute Gasteiger partial charge is 0.481 e. The van der Waals surface area contributed by atoms with Crippen molar-refractivity contribution in [1.82, 2.24) is 0 Å². The molecule has 18 heavy (non-hydrogen) atoms. The Morgan fingerprint density at radius 3 is 1.67 bits per heavy atom. The Morgan fingerprint density at radius 1 is 1.11 bits per heavy atom. The number of carbonyl (C=O) groups excluding carboxylic acids is 1. The van der Waals surface area contributed by atoms with Crippen LogP contribution in [0.3, 0.4) is 0 Å². The minimum Gasteiger partial charge on any atom is -0.481 e. The first-order valence-electron chi connectivity index (χ1n) is 4.39. The predicted octanol–water partition coefficient (Wildman–Crippen LogP) is -1.20. The fourth-order valence-electron chi connectivity index (χ4n) is 1.45. The highest BCUT2D eigenvalue weighted by Crippen LogP contribution is 2.33. The molecule has 0 radical (unpaired) electrons. The van der Waals surface area contributed by atoms with Gasteiger partial charge in [-0.2, -0.15) is 0 Å². The second kappa shape index (κ2) is 6.21. The van der Waals surface area contributed by atoms with Gasteiger partial charge in [-0.1, -0.05) is 0 Å². The van der Waals surface area contributed by atoms with Gasteiger partial charge >= 0.3 is 17.9 Å². The monoisotopic (exact) mass is 282 g/mol. The Labute approximate surface area is 103 Å². The molecule has 0 aliphatic rings. The van der Waals surface area contributed by atoms with Crippen molar-refractivity contribution in [2.24, 2.45) is 5.41 Å². The van der Waals surface area contributed by atoms with Crippen molar-refractivity contribution >= 4 is 35.3 Å². The third kappa shape index (κ3) is 3.60. The van der Waals surface area contributed by atoms with E-state index in [1.54, 1.807) is 0 Å². The third-order valence-corrected chi connectivity index (χ3v) is 3.24. The number of carboxylic acid groups (broad SMARTS) is 3. The van der Waals surface area contributed by atoms with Crippen LogP contribution >= 0.6 is 0 Å². The molecule has 0 amide bonds. The van der Waals surface area contributed by atoms with E-state index in [1.165, 1.54) is 0 Å². The molecule has 0 aromatic carbocycles. The lowest BCUT2D eigenvalue weighted by Gasteiger charge is -2.29. The Bertz CT molecular complexity index is 385. The van der Waals surface area contributed by atoms with E-state index >= 15 is 0 Å². The molecule has 0 saturated carbocycles. The van der Waals surface area contributed by atoms with Gasteiger partial charge in [0, 0.05) is 0 Å². The maximum absolute atomic E-state index is 11.1. The van der Waals surface area contributed by atoms with Gasteiger partial charge in [0.1, 0.15) is 17.0 Å². The van der Waals surface area contributed by atoms with E-state index in [0.29, 0.717) is 0 Å². The van der Waals surface area contributed by atoms with Crippen LogP contribution < -0.4 is 0 Å². The van der Waals surface area contributed by atoms with Crippen LogP contribution in [0.2, 0.25) is 0 Å². The summed E-state index contributed by atoms with van der Waals surface area (Å²) in [7, 11) is 0. The normalized spacial score (nSPS) is 14.5. The topological polar surface area (TPSA) is 166 Å². The summed E-state index contributed by atoms with van der Waals surface area (Å²) in [5.74, 6) is -5.33. The summed E-state index contributed by atoms with van der Waals surface area (Å²) in [5, 5.41) is 24.0.